The van der Waals surface area contributed by atoms with Gasteiger partial charge in [0.1, 0.15) is 0 Å². The fourth-order valence-corrected chi connectivity index (χ4v) is 2.61. The number of rotatable bonds is 4. The lowest BCUT2D eigenvalue weighted by molar-refractivity contribution is 0.392. The fraction of sp³-hybridized carbons (Fsp3) is 0.571. The number of nitrogen functional groups attached to an aromatic ring is 1. The van der Waals surface area contributed by atoms with Crippen LogP contribution in [0.15, 0.2) is 24.3 Å². The first kappa shape index (κ1) is 11.5. The molecule has 0 spiro atoms. The lowest BCUT2D eigenvalue weighted by Crippen LogP contribution is -2.24. The maximum Gasteiger partial charge on any atom is 0.0359 e. The van der Waals surface area contributed by atoms with E-state index in [2.05, 4.69) is 18.3 Å². The van der Waals surface area contributed by atoms with Crippen molar-refractivity contribution in [3.63, 3.8) is 0 Å². The van der Waals surface area contributed by atoms with Gasteiger partial charge in [-0.3, -0.25) is 0 Å². The number of para-hydroxylation sites is 1. The normalized spacial score (nSPS) is 24.8. The van der Waals surface area contributed by atoms with Crippen LogP contribution in [0, 0.1) is 11.8 Å². The fourth-order valence-electron chi connectivity index (χ4n) is 2.61. The topological polar surface area (TPSA) is 38.0 Å². The standard InChI is InChI=1S/C14H22N2/c1-11-5-4-7-12(11)9-16-10-13-6-2-3-8-14(13)15/h2-3,6,8,11-12,16H,4-5,7,9-10,15H2,1H3. The van der Waals surface area contributed by atoms with E-state index in [1.807, 2.05) is 18.2 Å². The summed E-state index contributed by atoms with van der Waals surface area (Å²) in [5.41, 5.74) is 8.02. The molecule has 0 bridgehead atoms. The number of hydrogen-bond acceptors (Lipinski definition) is 2. The summed E-state index contributed by atoms with van der Waals surface area (Å²) < 4.78 is 0. The average Bonchev–Trinajstić information content (AvgIpc) is 2.67. The van der Waals surface area contributed by atoms with Crippen LogP contribution < -0.4 is 11.1 Å². The van der Waals surface area contributed by atoms with Crippen LogP contribution in [0.4, 0.5) is 5.69 Å². The molecular weight excluding hydrogens is 196 g/mol. The maximum absolute atomic E-state index is 5.90. The Balaban J connectivity index is 1.78. The molecule has 2 rings (SSSR count). The lowest BCUT2D eigenvalue weighted by atomic mass is 9.98. The van der Waals surface area contributed by atoms with Crippen molar-refractivity contribution in [1.82, 2.24) is 5.32 Å². The van der Waals surface area contributed by atoms with Gasteiger partial charge in [0.05, 0.1) is 0 Å². The van der Waals surface area contributed by atoms with Crippen molar-refractivity contribution < 1.29 is 0 Å². The Morgan fingerprint density at radius 2 is 2.12 bits per heavy atom. The van der Waals surface area contributed by atoms with Crippen LogP contribution in [0.5, 0.6) is 0 Å². The number of nitrogens with two attached hydrogens (primary N) is 1. The first-order valence-corrected chi connectivity index (χ1v) is 6.31. The molecular formula is C14H22N2. The molecule has 1 fully saturated rings. The molecule has 0 saturated heterocycles. The van der Waals surface area contributed by atoms with Crippen LogP contribution in [0.3, 0.4) is 0 Å². The zero-order chi connectivity index (χ0) is 11.4. The largest absolute Gasteiger partial charge is 0.398 e. The minimum atomic E-state index is 0.866. The molecule has 2 heteroatoms. The van der Waals surface area contributed by atoms with Gasteiger partial charge < -0.3 is 11.1 Å². The number of benzene rings is 1. The van der Waals surface area contributed by atoms with Crippen molar-refractivity contribution in [2.45, 2.75) is 32.7 Å². The minimum Gasteiger partial charge on any atom is -0.398 e. The third kappa shape index (κ3) is 2.76. The van der Waals surface area contributed by atoms with E-state index in [1.54, 1.807) is 0 Å². The quantitative estimate of drug-likeness (QED) is 0.763. The summed E-state index contributed by atoms with van der Waals surface area (Å²) in [7, 11) is 0. The van der Waals surface area contributed by atoms with E-state index >= 15 is 0 Å². The molecule has 1 saturated carbocycles. The number of hydrogen-bond donors (Lipinski definition) is 2. The van der Waals surface area contributed by atoms with E-state index < -0.39 is 0 Å². The van der Waals surface area contributed by atoms with Crippen LogP contribution in [0.25, 0.3) is 0 Å². The smallest absolute Gasteiger partial charge is 0.0359 e. The molecule has 0 aliphatic heterocycles. The van der Waals surface area contributed by atoms with Gasteiger partial charge in [-0.1, -0.05) is 38.0 Å². The maximum atomic E-state index is 5.90. The lowest BCUT2D eigenvalue weighted by Gasteiger charge is -2.16. The molecule has 1 aromatic rings. The monoisotopic (exact) mass is 218 g/mol. The van der Waals surface area contributed by atoms with Gasteiger partial charge in [-0.15, -0.1) is 0 Å². The molecule has 2 unspecified atom stereocenters. The van der Waals surface area contributed by atoms with Crippen LogP contribution in [0.1, 0.15) is 31.7 Å². The highest BCUT2D eigenvalue weighted by atomic mass is 14.9. The molecule has 3 N–H and O–H groups in total. The van der Waals surface area contributed by atoms with Crippen LogP contribution in [0.2, 0.25) is 0 Å². The third-order valence-electron chi connectivity index (χ3n) is 3.82. The highest BCUT2D eigenvalue weighted by molar-refractivity contribution is 5.46. The summed E-state index contributed by atoms with van der Waals surface area (Å²) >= 11 is 0. The van der Waals surface area contributed by atoms with Crippen LogP contribution in [-0.2, 0) is 6.54 Å². The van der Waals surface area contributed by atoms with E-state index in [1.165, 1.54) is 24.8 Å². The summed E-state index contributed by atoms with van der Waals surface area (Å²) in [6.07, 6.45) is 4.19. The molecule has 1 aromatic carbocycles. The Bertz CT molecular complexity index is 335. The Morgan fingerprint density at radius 1 is 1.31 bits per heavy atom. The number of anilines is 1. The summed E-state index contributed by atoms with van der Waals surface area (Å²) in [6.45, 7) is 4.40. The van der Waals surface area contributed by atoms with Gasteiger partial charge in [0, 0.05) is 12.2 Å². The Labute approximate surface area is 98.2 Å². The van der Waals surface area contributed by atoms with Crippen LogP contribution in [-0.4, -0.2) is 6.54 Å². The average molecular weight is 218 g/mol. The second kappa shape index (κ2) is 5.35. The van der Waals surface area contributed by atoms with E-state index in [9.17, 15) is 0 Å². The van der Waals surface area contributed by atoms with E-state index in [0.717, 1.165) is 30.6 Å². The van der Waals surface area contributed by atoms with E-state index in [-0.39, 0.29) is 0 Å². The summed E-state index contributed by atoms with van der Waals surface area (Å²) in [5.74, 6) is 1.76. The number of nitrogens with one attached hydrogen (secondary N) is 1. The summed E-state index contributed by atoms with van der Waals surface area (Å²) in [6, 6.07) is 8.10. The minimum absolute atomic E-state index is 0.866. The predicted octanol–water partition coefficient (Wildman–Crippen LogP) is 2.79. The molecule has 0 aromatic heterocycles. The molecule has 16 heavy (non-hydrogen) atoms. The first-order valence-electron chi connectivity index (χ1n) is 6.31. The second-order valence-electron chi connectivity index (χ2n) is 5.00. The zero-order valence-corrected chi connectivity index (χ0v) is 10.1. The Morgan fingerprint density at radius 3 is 2.81 bits per heavy atom. The highest BCUT2D eigenvalue weighted by Gasteiger charge is 2.22. The molecule has 2 nitrogen and oxygen atoms in total. The highest BCUT2D eigenvalue weighted by Crippen LogP contribution is 2.30. The molecule has 0 heterocycles. The molecule has 2 atom stereocenters. The molecule has 1 aliphatic rings. The second-order valence-corrected chi connectivity index (χ2v) is 5.00. The van der Waals surface area contributed by atoms with Crippen molar-refractivity contribution in [1.29, 1.82) is 0 Å². The van der Waals surface area contributed by atoms with Crippen molar-refractivity contribution in [2.75, 3.05) is 12.3 Å². The van der Waals surface area contributed by atoms with Gasteiger partial charge in [0.2, 0.25) is 0 Å². The molecule has 88 valence electrons. The molecule has 0 radical (unpaired) electrons. The van der Waals surface area contributed by atoms with E-state index in [0.29, 0.717) is 0 Å². The Hall–Kier alpha value is -1.02. The summed E-state index contributed by atoms with van der Waals surface area (Å²) in [4.78, 5) is 0. The van der Waals surface area contributed by atoms with Crippen molar-refractivity contribution in [3.8, 4) is 0 Å². The van der Waals surface area contributed by atoms with Gasteiger partial charge in [-0.25, -0.2) is 0 Å². The third-order valence-corrected chi connectivity index (χ3v) is 3.82. The van der Waals surface area contributed by atoms with Gasteiger partial charge in [-0.05, 0) is 36.4 Å². The SMILES string of the molecule is CC1CCCC1CNCc1ccccc1N. The molecule has 1 aliphatic carbocycles. The first-order chi connectivity index (χ1) is 7.77. The van der Waals surface area contributed by atoms with Gasteiger partial charge in [0.25, 0.3) is 0 Å². The Kier molecular flexibility index (Phi) is 3.83. The van der Waals surface area contributed by atoms with Gasteiger partial charge in [0.15, 0.2) is 0 Å². The van der Waals surface area contributed by atoms with Crippen molar-refractivity contribution >= 4 is 5.69 Å². The zero-order valence-electron chi connectivity index (χ0n) is 10.1. The van der Waals surface area contributed by atoms with Crippen molar-refractivity contribution in [3.05, 3.63) is 29.8 Å². The van der Waals surface area contributed by atoms with Gasteiger partial charge >= 0.3 is 0 Å². The van der Waals surface area contributed by atoms with Crippen LogP contribution >= 0.6 is 0 Å². The predicted molar refractivity (Wildman–Crippen MR) is 69.1 cm³/mol. The molecule has 0 amide bonds. The van der Waals surface area contributed by atoms with E-state index in [4.69, 9.17) is 5.73 Å². The van der Waals surface area contributed by atoms with Crippen molar-refractivity contribution in [2.24, 2.45) is 11.8 Å². The summed E-state index contributed by atoms with van der Waals surface area (Å²) in [5, 5.41) is 3.53. The van der Waals surface area contributed by atoms with Gasteiger partial charge in [-0.2, -0.15) is 0 Å².